The molecule has 0 spiro atoms. The molecule has 2 heterocycles. The van der Waals surface area contributed by atoms with Crippen molar-refractivity contribution in [1.82, 2.24) is 0 Å². The molecule has 2 aliphatic heterocycles. The maximum absolute atomic E-state index is 12.4. The van der Waals surface area contributed by atoms with Crippen LogP contribution in [0.4, 0.5) is 0 Å². The molecule has 1 fully saturated rings. The topological polar surface area (TPSA) is 54.0 Å². The van der Waals surface area contributed by atoms with Crippen LogP contribution in [0.2, 0.25) is 22.9 Å². The van der Waals surface area contributed by atoms with Crippen LogP contribution in [0.5, 0.6) is 5.75 Å². The van der Waals surface area contributed by atoms with E-state index in [0.29, 0.717) is 6.61 Å². The maximum atomic E-state index is 12.4. The Morgan fingerprint density at radius 3 is 2.41 bits per heavy atom. The summed E-state index contributed by atoms with van der Waals surface area (Å²) in [4.78, 5) is 12.3. The molecule has 2 aliphatic rings. The molecule has 0 aromatic heterocycles. The first-order valence-electron chi connectivity index (χ1n) is 12.9. The van der Waals surface area contributed by atoms with Gasteiger partial charge in [0.25, 0.3) is 0 Å². The monoisotopic (exact) mass is 584 g/mol. The number of rotatable bonds is 6. The number of hydrogen-bond acceptors (Lipinski definition) is 5. The van der Waals surface area contributed by atoms with Gasteiger partial charge in [-0.1, -0.05) is 0 Å². The quantitative estimate of drug-likeness (QED) is 0.271. The van der Waals surface area contributed by atoms with Gasteiger partial charge in [-0.25, -0.2) is 0 Å². The van der Waals surface area contributed by atoms with E-state index < -0.39 is 14.4 Å². The molecule has 37 heavy (non-hydrogen) atoms. The Hall–Kier alpha value is -2.15. The van der Waals surface area contributed by atoms with Crippen LogP contribution in [0.1, 0.15) is 39.4 Å². The molecule has 0 saturated carbocycles. The first-order valence-corrected chi connectivity index (χ1v) is 17.7. The van der Waals surface area contributed by atoms with E-state index in [9.17, 15) is 4.79 Å². The van der Waals surface area contributed by atoms with Crippen LogP contribution in [0.25, 0.3) is 10.8 Å². The zero-order valence-electron chi connectivity index (χ0n) is 22.4. The molecule has 0 radical (unpaired) electrons. The Balaban J connectivity index is 1.56. The van der Waals surface area contributed by atoms with Crippen LogP contribution in [0.15, 0.2) is 66.7 Å². The van der Waals surface area contributed by atoms with Crippen LogP contribution in [0, 0.1) is 0 Å². The molecule has 0 aliphatic carbocycles. The van der Waals surface area contributed by atoms with Crippen molar-refractivity contribution in [3.8, 4) is 5.75 Å². The number of ether oxygens (including phenoxy) is 3. The molecule has 3 unspecified atom stereocenters. The Kier molecular flexibility index (Phi) is 7.29. The van der Waals surface area contributed by atoms with Gasteiger partial charge in [0, 0.05) is 0 Å². The fourth-order valence-corrected chi connectivity index (χ4v) is 8.66. The number of hydrogen-bond donors (Lipinski definition) is 0. The van der Waals surface area contributed by atoms with E-state index in [1.807, 2.05) is 12.1 Å². The van der Waals surface area contributed by atoms with Gasteiger partial charge < -0.3 is 0 Å². The Labute approximate surface area is 227 Å². The van der Waals surface area contributed by atoms with E-state index >= 15 is 0 Å². The van der Waals surface area contributed by atoms with Gasteiger partial charge in [0.1, 0.15) is 0 Å². The predicted molar refractivity (Wildman–Crippen MR) is 150 cm³/mol. The van der Waals surface area contributed by atoms with E-state index in [2.05, 4.69) is 88.5 Å². The van der Waals surface area contributed by atoms with Gasteiger partial charge in [0.05, 0.1) is 0 Å². The van der Waals surface area contributed by atoms with Crippen molar-refractivity contribution in [3.63, 3.8) is 0 Å². The molecule has 0 N–H and O–H groups in total. The molecule has 5 rings (SSSR count). The average Bonchev–Trinajstić information content (AvgIpc) is 3.23. The summed E-state index contributed by atoms with van der Waals surface area (Å²) in [5.41, 5.74) is 1.09. The number of carbonyl (C=O) groups is 1. The van der Waals surface area contributed by atoms with Gasteiger partial charge in [0.15, 0.2) is 0 Å². The summed E-state index contributed by atoms with van der Waals surface area (Å²) in [7, 11) is -2.05. The Morgan fingerprint density at radius 2 is 1.70 bits per heavy atom. The molecule has 1 saturated heterocycles. The molecule has 3 aromatic rings. The second kappa shape index (κ2) is 10.2. The summed E-state index contributed by atoms with van der Waals surface area (Å²) in [6.45, 7) is 13.0. The van der Waals surface area contributed by atoms with E-state index in [-0.39, 0.29) is 49.1 Å². The third-order valence-electron chi connectivity index (χ3n) is 7.84. The predicted octanol–water partition coefficient (Wildman–Crippen LogP) is 5.81. The Bertz CT molecular complexity index is 1270. The van der Waals surface area contributed by atoms with Crippen molar-refractivity contribution in [3.05, 3.63) is 72.3 Å². The zero-order chi connectivity index (χ0) is 26.4. The number of benzene rings is 3. The normalized spacial score (nSPS) is 25.3. The fraction of sp³-hybridized carbons (Fsp3) is 0.433. The second-order valence-corrected chi connectivity index (χ2v) is 18.9. The molecule has 3 aromatic carbocycles. The second-order valence-electron chi connectivity index (χ2n) is 11.4. The van der Waals surface area contributed by atoms with E-state index in [1.165, 1.54) is 11.4 Å². The molecule has 7 heteroatoms. The Morgan fingerprint density at radius 1 is 1.00 bits per heavy atom. The summed E-state index contributed by atoms with van der Waals surface area (Å²) in [5.74, 6) is 0.550. The van der Waals surface area contributed by atoms with Crippen molar-refractivity contribution in [1.29, 1.82) is 0 Å². The van der Waals surface area contributed by atoms with Crippen molar-refractivity contribution in [2.45, 2.75) is 75.1 Å². The zero-order valence-corrected chi connectivity index (χ0v) is 25.1. The summed E-state index contributed by atoms with van der Waals surface area (Å²) >= 11 is -0.0128. The summed E-state index contributed by atoms with van der Waals surface area (Å²) in [5, 5.41) is 2.37. The van der Waals surface area contributed by atoms with E-state index in [1.54, 1.807) is 0 Å². The third-order valence-corrected chi connectivity index (χ3v) is 15.2. The van der Waals surface area contributed by atoms with Gasteiger partial charge in [-0.3, -0.25) is 0 Å². The average molecular weight is 584 g/mol. The molecule has 196 valence electrons. The molecule has 5 nitrogen and oxygen atoms in total. The summed E-state index contributed by atoms with van der Waals surface area (Å²) in [6, 6.07) is 23.0. The van der Waals surface area contributed by atoms with Crippen LogP contribution in [-0.2, 0) is 18.7 Å². The number of carbonyl (C=O) groups excluding carboxylic acids is 1. The van der Waals surface area contributed by atoms with Gasteiger partial charge in [-0.15, -0.1) is 0 Å². The van der Waals surface area contributed by atoms with Crippen LogP contribution in [-0.4, -0.2) is 54.2 Å². The fourth-order valence-electron chi connectivity index (χ4n) is 4.86. The van der Waals surface area contributed by atoms with Gasteiger partial charge in [0.2, 0.25) is 0 Å². The molecule has 0 bridgehead atoms. The first kappa shape index (κ1) is 26.5. The molecular weight excluding hydrogens is 547 g/mol. The van der Waals surface area contributed by atoms with Gasteiger partial charge >= 0.3 is 228 Å². The first-order chi connectivity index (χ1) is 17.5. The van der Waals surface area contributed by atoms with Gasteiger partial charge in [-0.2, -0.15) is 0 Å². The summed E-state index contributed by atoms with van der Waals surface area (Å²) in [6.07, 6.45) is -1.33. The number of esters is 1. The summed E-state index contributed by atoms with van der Waals surface area (Å²) < 4.78 is 27.4. The standard InChI is InChI=1S/C30H36O5SeSi/c1-19(31)33-26-24(18-32-37(5,6)30(2,3)4)35-27-25-22-15-11-10-12-20(22)16-17-23(25)34-28(27)29(26)36-21-13-8-7-9-14-21/h7-17,24,26-29H,18H2,1-6H3/t24?,26-,27?,28?,29-/m1/s1. The van der Waals surface area contributed by atoms with Crippen molar-refractivity contribution in [2.75, 3.05) is 6.61 Å². The van der Waals surface area contributed by atoms with E-state index in [4.69, 9.17) is 18.6 Å². The minimum atomic E-state index is -2.05. The van der Waals surface area contributed by atoms with Crippen molar-refractivity contribution in [2.24, 2.45) is 0 Å². The molecule has 5 atom stereocenters. The van der Waals surface area contributed by atoms with Crippen LogP contribution in [0.3, 0.4) is 0 Å². The third kappa shape index (κ3) is 5.25. The number of fused-ring (bicyclic) bond motifs is 5. The minimum absolute atomic E-state index is 0.0128. The molecule has 0 amide bonds. The SMILES string of the molecule is CC(=O)O[C@@H]1C(CO[Si](C)(C)C(C)(C)C)OC2c3c(ccc4ccccc34)OC2[C@@H]1[Se]c1ccccc1. The van der Waals surface area contributed by atoms with E-state index in [0.717, 1.165) is 22.1 Å². The molecular formula is C30H36O5SeSi. The van der Waals surface area contributed by atoms with Crippen LogP contribution < -0.4 is 9.20 Å². The van der Waals surface area contributed by atoms with Crippen molar-refractivity contribution < 1.29 is 23.4 Å². The van der Waals surface area contributed by atoms with Crippen LogP contribution >= 0.6 is 0 Å². The van der Waals surface area contributed by atoms with Crippen molar-refractivity contribution >= 4 is 44.5 Å². The van der Waals surface area contributed by atoms with Gasteiger partial charge in [-0.05, 0) is 0 Å².